The molecule has 0 unspecified atom stereocenters. The van der Waals surface area contributed by atoms with Crippen molar-refractivity contribution in [2.45, 2.75) is 33.4 Å². The lowest BCUT2D eigenvalue weighted by Crippen LogP contribution is -2.27. The van der Waals surface area contributed by atoms with Crippen LogP contribution in [0.4, 0.5) is 0 Å². The number of carbonyl (C=O) groups excluding carboxylic acids is 1. The largest absolute Gasteiger partial charge is 0.489 e. The van der Waals surface area contributed by atoms with E-state index in [4.69, 9.17) is 4.74 Å². The summed E-state index contributed by atoms with van der Waals surface area (Å²) in [5, 5.41) is 3.09. The van der Waals surface area contributed by atoms with Gasteiger partial charge in [-0.25, -0.2) is 0 Å². The Hall–Kier alpha value is -3.07. The minimum Gasteiger partial charge on any atom is -0.489 e. The lowest BCUT2D eigenvalue weighted by molar-refractivity contribution is 0.0939. The minimum atomic E-state index is -0.103. The SMILES string of the molecule is Cc1ccc(C)c([C@@H](C)NC(=O)c2cccc(OCc3ccccc3)c2)c1. The Kier molecular flexibility index (Phi) is 5.92. The Morgan fingerprint density at radius 3 is 2.52 bits per heavy atom. The Labute approximate surface area is 161 Å². The van der Waals surface area contributed by atoms with E-state index in [2.05, 4.69) is 37.4 Å². The van der Waals surface area contributed by atoms with Gasteiger partial charge in [-0.05, 0) is 55.7 Å². The molecule has 0 fully saturated rings. The number of aryl methyl sites for hydroxylation is 2. The van der Waals surface area contributed by atoms with Gasteiger partial charge in [0.1, 0.15) is 12.4 Å². The van der Waals surface area contributed by atoms with E-state index >= 15 is 0 Å². The summed E-state index contributed by atoms with van der Waals surface area (Å²) in [5.41, 5.74) is 5.19. The van der Waals surface area contributed by atoms with E-state index in [0.717, 1.165) is 11.1 Å². The highest BCUT2D eigenvalue weighted by Gasteiger charge is 2.14. The molecule has 27 heavy (non-hydrogen) atoms. The maximum absolute atomic E-state index is 12.7. The first-order chi connectivity index (χ1) is 13.0. The van der Waals surface area contributed by atoms with Gasteiger partial charge >= 0.3 is 0 Å². The van der Waals surface area contributed by atoms with Crippen LogP contribution in [-0.4, -0.2) is 5.91 Å². The summed E-state index contributed by atoms with van der Waals surface area (Å²) in [6, 6.07) is 23.5. The van der Waals surface area contributed by atoms with E-state index < -0.39 is 0 Å². The first-order valence-electron chi connectivity index (χ1n) is 9.18. The molecule has 0 saturated heterocycles. The summed E-state index contributed by atoms with van der Waals surface area (Å²) in [4.78, 5) is 12.7. The van der Waals surface area contributed by atoms with E-state index in [0.29, 0.717) is 17.9 Å². The lowest BCUT2D eigenvalue weighted by Gasteiger charge is -2.17. The van der Waals surface area contributed by atoms with Crippen LogP contribution >= 0.6 is 0 Å². The fourth-order valence-electron chi connectivity index (χ4n) is 3.05. The Balaban J connectivity index is 1.67. The number of benzene rings is 3. The molecule has 0 heterocycles. The third-order valence-electron chi connectivity index (χ3n) is 4.59. The molecular weight excluding hydrogens is 334 g/mol. The van der Waals surface area contributed by atoms with Gasteiger partial charge in [-0.15, -0.1) is 0 Å². The van der Waals surface area contributed by atoms with Crippen LogP contribution in [0.2, 0.25) is 0 Å². The van der Waals surface area contributed by atoms with E-state index in [9.17, 15) is 4.79 Å². The van der Waals surface area contributed by atoms with Gasteiger partial charge in [0.05, 0.1) is 6.04 Å². The van der Waals surface area contributed by atoms with Crippen molar-refractivity contribution in [3.05, 3.63) is 101 Å². The van der Waals surface area contributed by atoms with E-state index in [1.165, 1.54) is 11.1 Å². The van der Waals surface area contributed by atoms with Gasteiger partial charge in [-0.2, -0.15) is 0 Å². The summed E-state index contributed by atoms with van der Waals surface area (Å²) in [6.07, 6.45) is 0. The van der Waals surface area contributed by atoms with E-state index in [1.807, 2.05) is 49.4 Å². The summed E-state index contributed by atoms with van der Waals surface area (Å²) in [5.74, 6) is 0.583. The molecule has 3 rings (SSSR count). The second kappa shape index (κ2) is 8.54. The highest BCUT2D eigenvalue weighted by atomic mass is 16.5. The van der Waals surface area contributed by atoms with Gasteiger partial charge < -0.3 is 10.1 Å². The Morgan fingerprint density at radius 2 is 1.74 bits per heavy atom. The zero-order valence-electron chi connectivity index (χ0n) is 16.0. The highest BCUT2D eigenvalue weighted by Crippen LogP contribution is 2.20. The van der Waals surface area contributed by atoms with Crippen LogP contribution in [0, 0.1) is 13.8 Å². The minimum absolute atomic E-state index is 0.0636. The quantitative estimate of drug-likeness (QED) is 0.642. The second-order valence-corrected chi connectivity index (χ2v) is 6.86. The van der Waals surface area contributed by atoms with Crippen molar-refractivity contribution in [2.75, 3.05) is 0 Å². The molecule has 3 heteroatoms. The van der Waals surface area contributed by atoms with Gasteiger partial charge in [0.15, 0.2) is 0 Å². The van der Waals surface area contributed by atoms with Crippen LogP contribution in [-0.2, 0) is 6.61 Å². The molecule has 3 aromatic rings. The number of ether oxygens (including phenoxy) is 1. The normalized spacial score (nSPS) is 11.7. The molecule has 0 spiro atoms. The Bertz CT molecular complexity index is 919. The zero-order chi connectivity index (χ0) is 19.2. The third kappa shape index (κ3) is 4.98. The number of nitrogens with one attached hydrogen (secondary N) is 1. The maximum atomic E-state index is 12.7. The fraction of sp³-hybridized carbons (Fsp3) is 0.208. The monoisotopic (exact) mass is 359 g/mol. The third-order valence-corrected chi connectivity index (χ3v) is 4.59. The van der Waals surface area contributed by atoms with Gasteiger partial charge in [0.25, 0.3) is 5.91 Å². The predicted octanol–water partition coefficient (Wildman–Crippen LogP) is 5.37. The van der Waals surface area contributed by atoms with Crippen LogP contribution in [0.1, 0.15) is 45.6 Å². The lowest BCUT2D eigenvalue weighted by atomic mass is 9.99. The average Bonchev–Trinajstić information content (AvgIpc) is 2.69. The molecule has 0 bridgehead atoms. The van der Waals surface area contributed by atoms with Crippen molar-refractivity contribution in [3.63, 3.8) is 0 Å². The molecule has 0 aliphatic carbocycles. The molecule has 0 saturated carbocycles. The molecule has 3 nitrogen and oxygen atoms in total. The predicted molar refractivity (Wildman–Crippen MR) is 109 cm³/mol. The molecule has 1 N–H and O–H groups in total. The van der Waals surface area contributed by atoms with Crippen LogP contribution in [0.25, 0.3) is 0 Å². The number of rotatable bonds is 6. The summed E-state index contributed by atoms with van der Waals surface area (Å²) >= 11 is 0. The molecule has 1 amide bonds. The van der Waals surface area contributed by atoms with Crippen LogP contribution in [0.5, 0.6) is 5.75 Å². The van der Waals surface area contributed by atoms with Crippen molar-refractivity contribution in [2.24, 2.45) is 0 Å². The molecular formula is C24H25NO2. The van der Waals surface area contributed by atoms with Crippen molar-refractivity contribution in [3.8, 4) is 5.75 Å². The van der Waals surface area contributed by atoms with Crippen LogP contribution in [0.15, 0.2) is 72.8 Å². The van der Waals surface area contributed by atoms with Gasteiger partial charge in [-0.1, -0.05) is 60.2 Å². The summed E-state index contributed by atoms with van der Waals surface area (Å²) in [6.45, 7) is 6.61. The number of hydrogen-bond donors (Lipinski definition) is 1. The molecule has 0 aromatic heterocycles. The summed E-state index contributed by atoms with van der Waals surface area (Å²) < 4.78 is 5.83. The fourth-order valence-corrected chi connectivity index (χ4v) is 3.05. The first-order valence-corrected chi connectivity index (χ1v) is 9.18. The topological polar surface area (TPSA) is 38.3 Å². The van der Waals surface area contributed by atoms with E-state index in [1.54, 1.807) is 12.1 Å². The molecule has 0 radical (unpaired) electrons. The molecule has 1 atom stereocenters. The second-order valence-electron chi connectivity index (χ2n) is 6.86. The molecule has 0 aliphatic rings. The van der Waals surface area contributed by atoms with Gasteiger partial charge in [0, 0.05) is 5.56 Å². The average molecular weight is 359 g/mol. The number of hydrogen-bond acceptors (Lipinski definition) is 2. The van der Waals surface area contributed by atoms with Crippen molar-refractivity contribution in [1.82, 2.24) is 5.32 Å². The van der Waals surface area contributed by atoms with Gasteiger partial charge in [-0.3, -0.25) is 4.79 Å². The smallest absolute Gasteiger partial charge is 0.251 e. The van der Waals surface area contributed by atoms with Gasteiger partial charge in [0.2, 0.25) is 0 Å². The van der Waals surface area contributed by atoms with Crippen molar-refractivity contribution in [1.29, 1.82) is 0 Å². The first kappa shape index (κ1) is 18.7. The van der Waals surface area contributed by atoms with Crippen LogP contribution in [0.3, 0.4) is 0 Å². The molecule has 3 aromatic carbocycles. The van der Waals surface area contributed by atoms with Crippen molar-refractivity contribution >= 4 is 5.91 Å². The summed E-state index contributed by atoms with van der Waals surface area (Å²) in [7, 11) is 0. The molecule has 138 valence electrons. The van der Waals surface area contributed by atoms with Crippen LogP contribution < -0.4 is 10.1 Å². The maximum Gasteiger partial charge on any atom is 0.251 e. The molecule has 0 aliphatic heterocycles. The number of carbonyl (C=O) groups is 1. The van der Waals surface area contributed by atoms with Crippen molar-refractivity contribution < 1.29 is 9.53 Å². The highest BCUT2D eigenvalue weighted by molar-refractivity contribution is 5.94. The Morgan fingerprint density at radius 1 is 0.963 bits per heavy atom. The van der Waals surface area contributed by atoms with E-state index in [-0.39, 0.29) is 11.9 Å². The standard InChI is InChI=1S/C24H25NO2/c1-17-12-13-18(2)23(14-17)19(3)25-24(26)21-10-7-11-22(15-21)27-16-20-8-5-4-6-9-20/h4-15,19H,16H2,1-3H3,(H,25,26)/t19-/m1/s1. The number of amides is 1. The zero-order valence-corrected chi connectivity index (χ0v) is 16.0.